The van der Waals surface area contributed by atoms with Gasteiger partial charge in [-0.2, -0.15) is 0 Å². The molecule has 0 saturated heterocycles. The van der Waals surface area contributed by atoms with Gasteiger partial charge in [0.1, 0.15) is 11.9 Å². The summed E-state index contributed by atoms with van der Waals surface area (Å²) in [6.45, 7) is 0.884. The highest BCUT2D eigenvalue weighted by molar-refractivity contribution is 5.37. The molecule has 0 spiro atoms. The zero-order valence-corrected chi connectivity index (χ0v) is 11.4. The molecule has 1 aliphatic carbocycles. The number of nitrogens with zero attached hydrogens (tertiary/aromatic N) is 1. The Labute approximate surface area is 119 Å². The minimum absolute atomic E-state index is 0.250. The third kappa shape index (κ3) is 2.08. The topological polar surface area (TPSA) is 34.2 Å². The molecular weight excluding hydrogens is 248 g/mol. The Morgan fingerprint density at radius 3 is 3.00 bits per heavy atom. The smallest absolute Gasteiger partial charge is 0.123 e. The van der Waals surface area contributed by atoms with Crippen molar-refractivity contribution in [2.24, 2.45) is 0 Å². The van der Waals surface area contributed by atoms with Crippen molar-refractivity contribution in [3.05, 3.63) is 59.4 Å². The molecule has 2 aliphatic rings. The first-order chi connectivity index (χ1) is 9.90. The summed E-state index contributed by atoms with van der Waals surface area (Å²) in [5, 5.41) is 3.63. The Kier molecular flexibility index (Phi) is 2.92. The molecule has 0 fully saturated rings. The van der Waals surface area contributed by atoms with Crippen molar-refractivity contribution in [3.63, 3.8) is 0 Å². The third-order valence-electron chi connectivity index (χ3n) is 4.26. The van der Waals surface area contributed by atoms with Crippen LogP contribution in [0.4, 0.5) is 0 Å². The maximum atomic E-state index is 5.97. The summed E-state index contributed by atoms with van der Waals surface area (Å²) >= 11 is 0. The second-order valence-electron chi connectivity index (χ2n) is 5.60. The maximum absolute atomic E-state index is 5.97. The van der Waals surface area contributed by atoms with E-state index in [0.29, 0.717) is 6.04 Å². The second-order valence-corrected chi connectivity index (χ2v) is 5.60. The van der Waals surface area contributed by atoms with E-state index in [4.69, 9.17) is 4.74 Å². The van der Waals surface area contributed by atoms with Gasteiger partial charge in [0, 0.05) is 19.2 Å². The lowest BCUT2D eigenvalue weighted by Crippen LogP contribution is -2.32. The van der Waals surface area contributed by atoms with E-state index >= 15 is 0 Å². The summed E-state index contributed by atoms with van der Waals surface area (Å²) in [5.41, 5.74) is 3.94. The molecule has 2 unspecified atom stereocenters. The summed E-state index contributed by atoms with van der Waals surface area (Å²) in [6, 6.07) is 12.9. The van der Waals surface area contributed by atoms with Crippen LogP contribution in [0.5, 0.6) is 5.75 Å². The fourth-order valence-electron chi connectivity index (χ4n) is 3.25. The van der Waals surface area contributed by atoms with Crippen molar-refractivity contribution in [2.75, 3.05) is 6.54 Å². The second kappa shape index (κ2) is 4.91. The van der Waals surface area contributed by atoms with E-state index in [9.17, 15) is 0 Å². The Bertz CT molecular complexity index is 601. The van der Waals surface area contributed by atoms with Crippen LogP contribution in [-0.2, 0) is 12.8 Å². The van der Waals surface area contributed by atoms with Crippen molar-refractivity contribution in [1.82, 2.24) is 10.3 Å². The number of aryl methyl sites for hydroxylation is 1. The molecule has 2 atom stereocenters. The van der Waals surface area contributed by atoms with Gasteiger partial charge < -0.3 is 10.1 Å². The molecule has 0 saturated carbocycles. The summed E-state index contributed by atoms with van der Waals surface area (Å²) < 4.78 is 5.97. The van der Waals surface area contributed by atoms with Crippen LogP contribution in [0.15, 0.2) is 42.6 Å². The summed E-state index contributed by atoms with van der Waals surface area (Å²) in [5.74, 6) is 1.05. The van der Waals surface area contributed by atoms with Crippen molar-refractivity contribution in [2.45, 2.75) is 31.4 Å². The molecule has 2 aromatic rings. The lowest BCUT2D eigenvalue weighted by atomic mass is 10.1. The SMILES string of the molecule is c1ccc2c(c1)CC(CNC1CCc3cccnc31)O2. The molecule has 20 heavy (non-hydrogen) atoms. The fourth-order valence-corrected chi connectivity index (χ4v) is 3.25. The number of rotatable bonds is 3. The number of para-hydroxylation sites is 1. The lowest BCUT2D eigenvalue weighted by molar-refractivity contribution is 0.221. The van der Waals surface area contributed by atoms with Gasteiger partial charge in [-0.05, 0) is 36.1 Å². The number of hydrogen-bond donors (Lipinski definition) is 1. The first-order valence-corrected chi connectivity index (χ1v) is 7.32. The molecule has 0 radical (unpaired) electrons. The van der Waals surface area contributed by atoms with Crippen LogP contribution in [0.3, 0.4) is 0 Å². The van der Waals surface area contributed by atoms with Crippen LogP contribution in [0.25, 0.3) is 0 Å². The van der Waals surface area contributed by atoms with Gasteiger partial charge >= 0.3 is 0 Å². The molecule has 102 valence electrons. The number of hydrogen-bond acceptors (Lipinski definition) is 3. The van der Waals surface area contributed by atoms with Crippen LogP contribution < -0.4 is 10.1 Å². The standard InChI is InChI=1S/C17H18N2O/c1-2-6-16-13(4-1)10-14(20-16)11-19-15-8-7-12-5-3-9-18-17(12)15/h1-6,9,14-15,19H,7-8,10-11H2. The van der Waals surface area contributed by atoms with Gasteiger partial charge in [0.2, 0.25) is 0 Å². The van der Waals surface area contributed by atoms with Crippen molar-refractivity contribution in [3.8, 4) is 5.75 Å². The average molecular weight is 266 g/mol. The quantitative estimate of drug-likeness (QED) is 0.927. The first-order valence-electron chi connectivity index (χ1n) is 7.32. The van der Waals surface area contributed by atoms with Crippen LogP contribution in [0.1, 0.15) is 29.3 Å². The molecule has 2 heterocycles. The minimum Gasteiger partial charge on any atom is -0.488 e. The van der Waals surface area contributed by atoms with Gasteiger partial charge in [0.05, 0.1) is 11.7 Å². The molecule has 1 aliphatic heterocycles. The summed E-state index contributed by atoms with van der Waals surface area (Å²) in [4.78, 5) is 4.52. The molecule has 4 rings (SSSR count). The van der Waals surface area contributed by atoms with Crippen LogP contribution >= 0.6 is 0 Å². The number of fused-ring (bicyclic) bond motifs is 2. The summed E-state index contributed by atoms with van der Waals surface area (Å²) in [6.07, 6.45) is 5.42. The monoisotopic (exact) mass is 266 g/mol. The predicted molar refractivity (Wildman–Crippen MR) is 77.9 cm³/mol. The molecule has 1 N–H and O–H groups in total. The Balaban J connectivity index is 1.39. The van der Waals surface area contributed by atoms with Crippen LogP contribution in [0.2, 0.25) is 0 Å². The van der Waals surface area contributed by atoms with E-state index in [1.54, 1.807) is 0 Å². The average Bonchev–Trinajstić information content (AvgIpc) is 3.08. The van der Waals surface area contributed by atoms with Gasteiger partial charge in [-0.1, -0.05) is 24.3 Å². The summed E-state index contributed by atoms with van der Waals surface area (Å²) in [7, 11) is 0. The highest BCUT2D eigenvalue weighted by atomic mass is 16.5. The van der Waals surface area contributed by atoms with Gasteiger partial charge in [-0.25, -0.2) is 0 Å². The first kappa shape index (κ1) is 11.9. The van der Waals surface area contributed by atoms with Crippen LogP contribution in [-0.4, -0.2) is 17.6 Å². The number of benzene rings is 1. The van der Waals surface area contributed by atoms with E-state index in [1.807, 2.05) is 18.3 Å². The highest BCUT2D eigenvalue weighted by Gasteiger charge is 2.26. The normalized spacial score (nSPS) is 23.2. The maximum Gasteiger partial charge on any atom is 0.123 e. The lowest BCUT2D eigenvalue weighted by Gasteiger charge is -2.17. The number of aromatic nitrogens is 1. The van der Waals surface area contributed by atoms with Gasteiger partial charge in [0.25, 0.3) is 0 Å². The Morgan fingerprint density at radius 2 is 2.05 bits per heavy atom. The van der Waals surface area contributed by atoms with Gasteiger partial charge in [0.15, 0.2) is 0 Å². The molecule has 3 nitrogen and oxygen atoms in total. The molecule has 0 amide bonds. The molecule has 0 bridgehead atoms. The molecule has 1 aromatic heterocycles. The molecule has 3 heteroatoms. The van der Waals surface area contributed by atoms with Gasteiger partial charge in [-0.15, -0.1) is 0 Å². The zero-order chi connectivity index (χ0) is 13.4. The Morgan fingerprint density at radius 1 is 1.15 bits per heavy atom. The van der Waals surface area contributed by atoms with Gasteiger partial charge in [-0.3, -0.25) is 4.98 Å². The highest BCUT2D eigenvalue weighted by Crippen LogP contribution is 2.31. The number of pyridine rings is 1. The minimum atomic E-state index is 0.250. The van der Waals surface area contributed by atoms with Crippen LogP contribution in [0, 0.1) is 0 Å². The molecular formula is C17H18N2O. The van der Waals surface area contributed by atoms with E-state index < -0.39 is 0 Å². The van der Waals surface area contributed by atoms with Crippen molar-refractivity contribution in [1.29, 1.82) is 0 Å². The van der Waals surface area contributed by atoms with Crippen molar-refractivity contribution >= 4 is 0 Å². The Hall–Kier alpha value is -1.87. The van der Waals surface area contributed by atoms with E-state index in [-0.39, 0.29) is 6.10 Å². The number of nitrogens with one attached hydrogen (secondary N) is 1. The largest absolute Gasteiger partial charge is 0.488 e. The third-order valence-corrected chi connectivity index (χ3v) is 4.26. The van der Waals surface area contributed by atoms with Crippen molar-refractivity contribution < 1.29 is 4.74 Å². The molecule has 1 aromatic carbocycles. The van der Waals surface area contributed by atoms with E-state index in [2.05, 4.69) is 34.6 Å². The fraction of sp³-hybridized carbons (Fsp3) is 0.353. The van der Waals surface area contributed by atoms with E-state index in [0.717, 1.165) is 31.6 Å². The van der Waals surface area contributed by atoms with E-state index in [1.165, 1.54) is 16.8 Å². The number of ether oxygens (including phenoxy) is 1. The zero-order valence-electron chi connectivity index (χ0n) is 11.4. The predicted octanol–water partition coefficient (Wildman–Crippen LogP) is 2.66.